The van der Waals surface area contributed by atoms with Gasteiger partial charge in [-0.25, -0.2) is 9.78 Å². The summed E-state index contributed by atoms with van der Waals surface area (Å²) in [5.41, 5.74) is 0. The second-order valence-corrected chi connectivity index (χ2v) is 5.18. The Morgan fingerprint density at radius 1 is 1.59 bits per heavy atom. The van der Waals surface area contributed by atoms with Crippen molar-refractivity contribution in [2.24, 2.45) is 0 Å². The number of rotatable bonds is 3. The van der Waals surface area contributed by atoms with Crippen molar-refractivity contribution in [1.82, 2.24) is 4.98 Å². The highest BCUT2D eigenvalue weighted by Gasteiger charge is 2.23. The number of carboxylic acids is 1. The molecule has 1 aromatic rings. The molecule has 1 fully saturated rings. The van der Waals surface area contributed by atoms with Crippen molar-refractivity contribution in [2.75, 3.05) is 25.1 Å². The molecule has 0 amide bonds. The van der Waals surface area contributed by atoms with E-state index in [1.54, 1.807) is 7.11 Å². The van der Waals surface area contributed by atoms with Gasteiger partial charge in [-0.3, -0.25) is 0 Å². The second-order valence-electron chi connectivity index (χ2n) is 3.84. The van der Waals surface area contributed by atoms with E-state index in [-0.39, 0.29) is 10.0 Å². The van der Waals surface area contributed by atoms with Crippen molar-refractivity contribution in [3.8, 4) is 0 Å². The second kappa shape index (κ2) is 5.20. The summed E-state index contributed by atoms with van der Waals surface area (Å²) >= 11 is 6.91. The predicted octanol–water partition coefficient (Wildman–Crippen LogP) is 2.11. The molecule has 2 rings (SSSR count). The molecule has 0 aliphatic carbocycles. The van der Waals surface area contributed by atoms with Crippen LogP contribution in [-0.4, -0.2) is 42.4 Å². The van der Waals surface area contributed by atoms with Crippen molar-refractivity contribution >= 4 is 34.0 Å². The maximum atomic E-state index is 10.9. The van der Waals surface area contributed by atoms with E-state index in [4.69, 9.17) is 21.4 Å². The Hall–Kier alpha value is -0.850. The minimum Gasteiger partial charge on any atom is -0.477 e. The van der Waals surface area contributed by atoms with E-state index < -0.39 is 5.97 Å². The lowest BCUT2D eigenvalue weighted by Crippen LogP contribution is -2.36. The summed E-state index contributed by atoms with van der Waals surface area (Å²) in [5, 5.41) is 9.66. The predicted molar refractivity (Wildman–Crippen MR) is 66.3 cm³/mol. The summed E-state index contributed by atoms with van der Waals surface area (Å²) in [7, 11) is 1.71. The van der Waals surface area contributed by atoms with E-state index in [1.807, 2.05) is 0 Å². The number of carboxylic acid groups (broad SMARTS) is 1. The van der Waals surface area contributed by atoms with Crippen LogP contribution in [0.3, 0.4) is 0 Å². The Morgan fingerprint density at radius 2 is 2.24 bits per heavy atom. The first-order valence-electron chi connectivity index (χ1n) is 5.29. The van der Waals surface area contributed by atoms with E-state index in [2.05, 4.69) is 9.88 Å². The fourth-order valence-electron chi connectivity index (χ4n) is 1.84. The third-order valence-corrected chi connectivity index (χ3v) is 4.30. The zero-order chi connectivity index (χ0) is 12.4. The van der Waals surface area contributed by atoms with E-state index in [0.29, 0.717) is 11.2 Å². The number of aromatic carboxylic acids is 1. The van der Waals surface area contributed by atoms with Gasteiger partial charge in [0.1, 0.15) is 0 Å². The van der Waals surface area contributed by atoms with Crippen LogP contribution in [0.1, 0.15) is 22.5 Å². The number of methoxy groups -OCH3 is 1. The van der Waals surface area contributed by atoms with Crippen LogP contribution in [0, 0.1) is 0 Å². The van der Waals surface area contributed by atoms with Crippen molar-refractivity contribution < 1.29 is 14.6 Å². The average molecular weight is 277 g/mol. The average Bonchev–Trinajstić information content (AvgIpc) is 2.71. The molecule has 0 saturated carbocycles. The molecule has 2 heterocycles. The zero-order valence-corrected chi connectivity index (χ0v) is 10.9. The lowest BCUT2D eigenvalue weighted by atomic mass is 10.1. The number of hydrogen-bond donors (Lipinski definition) is 1. The van der Waals surface area contributed by atoms with Crippen LogP contribution in [0.25, 0.3) is 0 Å². The van der Waals surface area contributed by atoms with Crippen molar-refractivity contribution in [1.29, 1.82) is 0 Å². The molecule has 0 radical (unpaired) electrons. The molecule has 0 bridgehead atoms. The van der Waals surface area contributed by atoms with Crippen molar-refractivity contribution in [3.63, 3.8) is 0 Å². The number of nitrogens with zero attached hydrogens (tertiary/aromatic N) is 2. The molecule has 1 aliphatic rings. The molecular weight excluding hydrogens is 264 g/mol. The number of carbonyl (C=O) groups is 1. The van der Waals surface area contributed by atoms with Gasteiger partial charge >= 0.3 is 5.97 Å². The molecule has 1 N–H and O–H groups in total. The van der Waals surface area contributed by atoms with Crippen LogP contribution in [0.2, 0.25) is 5.15 Å². The van der Waals surface area contributed by atoms with Crippen molar-refractivity contribution in [2.45, 2.75) is 18.9 Å². The third kappa shape index (κ3) is 2.70. The number of hydrogen-bond acceptors (Lipinski definition) is 5. The Bertz CT molecular complexity index is 416. The van der Waals surface area contributed by atoms with Gasteiger partial charge in [-0.05, 0) is 12.8 Å². The van der Waals surface area contributed by atoms with E-state index >= 15 is 0 Å². The van der Waals surface area contributed by atoms with Crippen LogP contribution >= 0.6 is 22.9 Å². The zero-order valence-electron chi connectivity index (χ0n) is 9.35. The Balaban J connectivity index is 2.08. The third-order valence-electron chi connectivity index (χ3n) is 2.81. The van der Waals surface area contributed by atoms with Gasteiger partial charge in [0, 0.05) is 20.2 Å². The van der Waals surface area contributed by atoms with Crippen LogP contribution in [0.15, 0.2) is 0 Å². The summed E-state index contributed by atoms with van der Waals surface area (Å²) < 4.78 is 5.28. The van der Waals surface area contributed by atoms with Crippen LogP contribution in [0.4, 0.5) is 5.13 Å². The molecule has 0 atom stereocenters. The lowest BCUT2D eigenvalue weighted by Gasteiger charge is -2.30. The SMILES string of the molecule is COC1CCN(c2nc(Cl)c(C(=O)O)s2)CC1. The Morgan fingerprint density at radius 3 is 2.71 bits per heavy atom. The summed E-state index contributed by atoms with van der Waals surface area (Å²) in [5.74, 6) is -1.02. The van der Waals surface area contributed by atoms with E-state index in [9.17, 15) is 4.79 Å². The van der Waals surface area contributed by atoms with Gasteiger partial charge in [0.2, 0.25) is 0 Å². The van der Waals surface area contributed by atoms with Gasteiger partial charge in [-0.1, -0.05) is 22.9 Å². The maximum Gasteiger partial charge on any atom is 0.349 e. The largest absolute Gasteiger partial charge is 0.477 e. The highest BCUT2D eigenvalue weighted by Crippen LogP contribution is 2.31. The number of halogens is 1. The lowest BCUT2D eigenvalue weighted by molar-refractivity contribution is 0.0702. The van der Waals surface area contributed by atoms with Crippen molar-refractivity contribution in [3.05, 3.63) is 10.0 Å². The standard InChI is InChI=1S/C10H13ClN2O3S/c1-16-6-2-4-13(5-3-6)10-12-8(11)7(17-10)9(14)15/h6H,2-5H2,1H3,(H,14,15). The molecule has 17 heavy (non-hydrogen) atoms. The monoisotopic (exact) mass is 276 g/mol. The molecule has 1 saturated heterocycles. The molecule has 7 heteroatoms. The smallest absolute Gasteiger partial charge is 0.349 e. The normalized spacial score (nSPS) is 17.4. The first kappa shape index (κ1) is 12.6. The maximum absolute atomic E-state index is 10.9. The van der Waals surface area contributed by atoms with Gasteiger partial charge in [0.25, 0.3) is 0 Å². The molecule has 94 valence electrons. The summed E-state index contributed by atoms with van der Waals surface area (Å²) in [6.07, 6.45) is 2.15. The minimum absolute atomic E-state index is 0.0753. The fraction of sp³-hybridized carbons (Fsp3) is 0.600. The quantitative estimate of drug-likeness (QED) is 0.916. The van der Waals surface area contributed by atoms with E-state index in [1.165, 1.54) is 0 Å². The number of thiazole rings is 1. The molecule has 0 aromatic carbocycles. The Labute approximate surface area is 108 Å². The van der Waals surface area contributed by atoms with Crippen LogP contribution in [0.5, 0.6) is 0 Å². The topological polar surface area (TPSA) is 62.7 Å². The number of piperidine rings is 1. The Kier molecular flexibility index (Phi) is 3.86. The van der Waals surface area contributed by atoms with Gasteiger partial charge in [0.15, 0.2) is 15.2 Å². The summed E-state index contributed by atoms with van der Waals surface area (Å²) in [6.45, 7) is 1.64. The van der Waals surface area contributed by atoms with Gasteiger partial charge < -0.3 is 14.7 Å². The van der Waals surface area contributed by atoms with Gasteiger partial charge in [-0.2, -0.15) is 0 Å². The van der Waals surface area contributed by atoms with Gasteiger partial charge in [-0.15, -0.1) is 0 Å². The summed E-state index contributed by atoms with van der Waals surface area (Å²) in [4.78, 5) is 17.1. The summed E-state index contributed by atoms with van der Waals surface area (Å²) in [6, 6.07) is 0. The van der Waals surface area contributed by atoms with Crippen LogP contribution < -0.4 is 4.90 Å². The number of aromatic nitrogens is 1. The minimum atomic E-state index is -1.02. The fourth-order valence-corrected chi connectivity index (χ4v) is 3.02. The first-order valence-corrected chi connectivity index (χ1v) is 6.48. The number of anilines is 1. The highest BCUT2D eigenvalue weighted by atomic mass is 35.5. The van der Waals surface area contributed by atoms with E-state index in [0.717, 1.165) is 37.3 Å². The molecule has 1 aromatic heterocycles. The molecule has 0 spiro atoms. The molecule has 1 aliphatic heterocycles. The highest BCUT2D eigenvalue weighted by molar-refractivity contribution is 7.18. The molecule has 5 nitrogen and oxygen atoms in total. The first-order chi connectivity index (χ1) is 8.11. The molecule has 0 unspecified atom stereocenters. The number of ether oxygens (including phenoxy) is 1. The van der Waals surface area contributed by atoms with Crippen LogP contribution in [-0.2, 0) is 4.74 Å². The molecular formula is C10H13ClN2O3S. The van der Waals surface area contributed by atoms with Gasteiger partial charge in [0.05, 0.1) is 6.10 Å².